The monoisotopic (exact) mass is 276 g/mol. The first-order valence-corrected chi connectivity index (χ1v) is 7.69. The SMILES string of the molecule is CS(=O)CCNC(=O)N1CCCCC1(C)C(=O)O. The van der Waals surface area contributed by atoms with E-state index in [0.717, 1.165) is 12.8 Å². The number of hydrogen-bond acceptors (Lipinski definition) is 3. The van der Waals surface area contributed by atoms with Crippen LogP contribution in [0.15, 0.2) is 0 Å². The van der Waals surface area contributed by atoms with E-state index in [4.69, 9.17) is 0 Å². The minimum absolute atomic E-state index is 0.300. The maximum absolute atomic E-state index is 12.0. The topological polar surface area (TPSA) is 86.7 Å². The second kappa shape index (κ2) is 6.17. The fraction of sp³-hybridized carbons (Fsp3) is 0.818. The third-order valence-electron chi connectivity index (χ3n) is 3.26. The summed E-state index contributed by atoms with van der Waals surface area (Å²) in [5.74, 6) is -0.597. The Morgan fingerprint density at radius 3 is 2.67 bits per heavy atom. The van der Waals surface area contributed by atoms with Gasteiger partial charge in [-0.25, -0.2) is 9.59 Å². The molecule has 0 spiro atoms. The minimum Gasteiger partial charge on any atom is -0.480 e. The average Bonchev–Trinajstić information content (AvgIpc) is 2.28. The Balaban J connectivity index is 2.63. The Hall–Kier alpha value is -1.11. The number of carbonyl (C=O) groups is 2. The van der Waals surface area contributed by atoms with E-state index in [9.17, 15) is 18.9 Å². The third kappa shape index (κ3) is 3.44. The number of nitrogens with one attached hydrogen (secondary N) is 1. The van der Waals surface area contributed by atoms with Gasteiger partial charge in [-0.15, -0.1) is 0 Å². The van der Waals surface area contributed by atoms with Crippen molar-refractivity contribution in [2.24, 2.45) is 0 Å². The van der Waals surface area contributed by atoms with E-state index in [1.54, 1.807) is 13.2 Å². The summed E-state index contributed by atoms with van der Waals surface area (Å²) in [7, 11) is -0.964. The fourth-order valence-corrected chi connectivity index (χ4v) is 2.46. The molecule has 2 amide bonds. The summed E-state index contributed by atoms with van der Waals surface area (Å²) in [6, 6.07) is -0.384. The maximum atomic E-state index is 12.0. The van der Waals surface area contributed by atoms with Crippen LogP contribution >= 0.6 is 0 Å². The smallest absolute Gasteiger partial charge is 0.329 e. The number of carbonyl (C=O) groups excluding carboxylic acids is 1. The van der Waals surface area contributed by atoms with Crippen LogP contribution in [0.25, 0.3) is 0 Å². The molecule has 1 aliphatic rings. The van der Waals surface area contributed by atoms with Crippen molar-refractivity contribution < 1.29 is 18.9 Å². The number of carboxylic acid groups (broad SMARTS) is 1. The molecule has 0 aliphatic carbocycles. The van der Waals surface area contributed by atoms with Crippen LogP contribution in [0.4, 0.5) is 4.79 Å². The molecule has 1 rings (SSSR count). The number of aliphatic carboxylic acids is 1. The molecule has 2 unspecified atom stereocenters. The van der Waals surface area contributed by atoms with Crippen LogP contribution in [0.3, 0.4) is 0 Å². The summed E-state index contributed by atoms with van der Waals surface area (Å²) in [6.07, 6.45) is 3.66. The first kappa shape index (κ1) is 14.9. The maximum Gasteiger partial charge on any atom is 0.329 e. The standard InChI is InChI=1S/C11H20N2O4S/c1-11(9(14)15)5-3-4-7-13(11)10(16)12-6-8-18(2)17/h3-8H2,1-2H3,(H,12,16)(H,14,15). The Morgan fingerprint density at radius 1 is 1.44 bits per heavy atom. The first-order valence-electron chi connectivity index (χ1n) is 5.97. The number of urea groups is 1. The molecule has 1 aliphatic heterocycles. The summed E-state index contributed by atoms with van der Waals surface area (Å²) >= 11 is 0. The predicted octanol–water partition coefficient (Wildman–Crippen LogP) is 0.404. The first-order chi connectivity index (χ1) is 8.38. The highest BCUT2D eigenvalue weighted by Crippen LogP contribution is 2.28. The van der Waals surface area contributed by atoms with E-state index in [2.05, 4.69) is 5.32 Å². The number of likely N-dealkylation sites (tertiary alicyclic amines) is 1. The van der Waals surface area contributed by atoms with Gasteiger partial charge in [0.15, 0.2) is 0 Å². The van der Waals surface area contributed by atoms with Crippen molar-refractivity contribution >= 4 is 22.8 Å². The molecule has 6 nitrogen and oxygen atoms in total. The molecule has 1 heterocycles. The van der Waals surface area contributed by atoms with Gasteiger partial charge in [-0.1, -0.05) is 0 Å². The Labute approximate surface area is 109 Å². The zero-order valence-corrected chi connectivity index (χ0v) is 11.6. The third-order valence-corrected chi connectivity index (χ3v) is 4.04. The van der Waals surface area contributed by atoms with Crippen molar-refractivity contribution in [3.63, 3.8) is 0 Å². The van der Waals surface area contributed by atoms with Crippen LogP contribution in [0.2, 0.25) is 0 Å². The summed E-state index contributed by atoms with van der Waals surface area (Å²) in [4.78, 5) is 24.6. The molecule has 2 N–H and O–H groups in total. The van der Waals surface area contributed by atoms with E-state index in [1.807, 2.05) is 0 Å². The lowest BCUT2D eigenvalue weighted by atomic mass is 9.89. The molecule has 0 radical (unpaired) electrons. The Kier molecular flexibility index (Phi) is 5.13. The van der Waals surface area contributed by atoms with Crippen LogP contribution < -0.4 is 5.32 Å². The lowest BCUT2D eigenvalue weighted by Crippen LogP contribution is -2.60. The molecule has 0 bridgehead atoms. The molecule has 0 aromatic carbocycles. The van der Waals surface area contributed by atoms with Crippen molar-refractivity contribution in [3.05, 3.63) is 0 Å². The van der Waals surface area contributed by atoms with E-state index >= 15 is 0 Å². The molecule has 7 heteroatoms. The molecular weight excluding hydrogens is 256 g/mol. The Bertz CT molecular complexity index is 361. The highest BCUT2D eigenvalue weighted by molar-refractivity contribution is 7.84. The highest BCUT2D eigenvalue weighted by Gasteiger charge is 2.43. The van der Waals surface area contributed by atoms with Crippen LogP contribution in [0, 0.1) is 0 Å². The average molecular weight is 276 g/mol. The number of hydrogen-bond donors (Lipinski definition) is 2. The molecule has 0 saturated carbocycles. The van der Waals surface area contributed by atoms with Gasteiger partial charge in [-0.3, -0.25) is 4.21 Å². The summed E-state index contributed by atoms with van der Waals surface area (Å²) < 4.78 is 10.9. The van der Waals surface area contributed by atoms with Crippen LogP contribution in [-0.2, 0) is 15.6 Å². The second-order valence-corrected chi connectivity index (χ2v) is 6.25. The van der Waals surface area contributed by atoms with E-state index < -0.39 is 22.3 Å². The molecule has 2 atom stereocenters. The molecule has 0 aromatic heterocycles. The van der Waals surface area contributed by atoms with Gasteiger partial charge >= 0.3 is 12.0 Å². The number of piperidine rings is 1. The van der Waals surface area contributed by atoms with Crippen LogP contribution in [0.5, 0.6) is 0 Å². The van der Waals surface area contributed by atoms with Gasteiger partial charge < -0.3 is 15.3 Å². The quantitative estimate of drug-likeness (QED) is 0.778. The molecule has 104 valence electrons. The van der Waals surface area contributed by atoms with Crippen molar-refractivity contribution in [2.45, 2.75) is 31.7 Å². The summed E-state index contributed by atoms with van der Waals surface area (Å²) in [6.45, 7) is 2.32. The second-order valence-electron chi connectivity index (χ2n) is 4.70. The number of carboxylic acids is 1. The highest BCUT2D eigenvalue weighted by atomic mass is 32.2. The fourth-order valence-electron chi connectivity index (χ4n) is 2.07. The van der Waals surface area contributed by atoms with Gasteiger partial charge in [-0.2, -0.15) is 0 Å². The van der Waals surface area contributed by atoms with Gasteiger partial charge in [-0.05, 0) is 26.2 Å². The van der Waals surface area contributed by atoms with Crippen molar-refractivity contribution in [3.8, 4) is 0 Å². The van der Waals surface area contributed by atoms with Crippen molar-refractivity contribution in [1.29, 1.82) is 0 Å². The molecule has 0 aromatic rings. The zero-order chi connectivity index (χ0) is 13.8. The van der Waals surface area contributed by atoms with Gasteiger partial charge in [0.1, 0.15) is 5.54 Å². The van der Waals surface area contributed by atoms with E-state index in [0.29, 0.717) is 25.3 Å². The molecular formula is C11H20N2O4S. The van der Waals surface area contributed by atoms with Gasteiger partial charge in [0.05, 0.1) is 0 Å². The normalized spacial score (nSPS) is 25.6. The van der Waals surface area contributed by atoms with Gasteiger partial charge in [0.2, 0.25) is 0 Å². The largest absolute Gasteiger partial charge is 0.480 e. The molecule has 1 fully saturated rings. The van der Waals surface area contributed by atoms with Crippen molar-refractivity contribution in [2.75, 3.05) is 25.1 Å². The van der Waals surface area contributed by atoms with Crippen LogP contribution in [-0.4, -0.2) is 56.9 Å². The van der Waals surface area contributed by atoms with Crippen LogP contribution in [0.1, 0.15) is 26.2 Å². The molecule has 18 heavy (non-hydrogen) atoms. The summed E-state index contributed by atoms with van der Waals surface area (Å²) in [5.41, 5.74) is -1.13. The Morgan fingerprint density at radius 2 is 2.11 bits per heavy atom. The lowest BCUT2D eigenvalue weighted by molar-refractivity contribution is -0.150. The number of amides is 2. The van der Waals surface area contributed by atoms with Gasteiger partial charge in [0.25, 0.3) is 0 Å². The summed E-state index contributed by atoms with van der Waals surface area (Å²) in [5, 5.41) is 11.9. The van der Waals surface area contributed by atoms with Gasteiger partial charge in [0, 0.05) is 35.9 Å². The minimum atomic E-state index is -1.13. The predicted molar refractivity (Wildman–Crippen MR) is 68.9 cm³/mol. The van der Waals surface area contributed by atoms with Crippen molar-refractivity contribution in [1.82, 2.24) is 10.2 Å². The lowest BCUT2D eigenvalue weighted by Gasteiger charge is -2.41. The number of rotatable bonds is 4. The van der Waals surface area contributed by atoms with E-state index in [-0.39, 0.29) is 6.03 Å². The zero-order valence-electron chi connectivity index (χ0n) is 10.8. The number of nitrogens with zero attached hydrogens (tertiary/aromatic N) is 1. The van der Waals surface area contributed by atoms with E-state index in [1.165, 1.54) is 4.90 Å². The molecule has 1 saturated heterocycles.